The van der Waals surface area contributed by atoms with Crippen molar-refractivity contribution in [3.05, 3.63) is 67.5 Å². The molecule has 4 rings (SSSR count). The van der Waals surface area contributed by atoms with Gasteiger partial charge >= 0.3 is 0 Å². The summed E-state index contributed by atoms with van der Waals surface area (Å²) >= 11 is 1.68. The maximum absolute atomic E-state index is 12.8. The Kier molecular flexibility index (Phi) is 5.52. The number of aryl methyl sites for hydroxylation is 4. The number of fused-ring (bicyclic) bond motifs is 1. The Labute approximate surface area is 174 Å². The summed E-state index contributed by atoms with van der Waals surface area (Å²) in [5.74, 6) is 0.891. The van der Waals surface area contributed by atoms with Gasteiger partial charge in [-0.05, 0) is 56.9 Å². The molecule has 1 aliphatic heterocycles. The first-order valence-electron chi connectivity index (χ1n) is 9.86. The molecule has 0 aliphatic carbocycles. The van der Waals surface area contributed by atoms with Gasteiger partial charge in [-0.3, -0.25) is 14.7 Å². The first-order valence-corrected chi connectivity index (χ1v) is 10.7. The average Bonchev–Trinajstić information content (AvgIpc) is 3.25. The van der Waals surface area contributed by atoms with Crippen molar-refractivity contribution in [2.75, 3.05) is 6.54 Å². The molecule has 0 saturated carbocycles. The Morgan fingerprint density at radius 2 is 2.14 bits per heavy atom. The Morgan fingerprint density at radius 1 is 1.31 bits per heavy atom. The van der Waals surface area contributed by atoms with Crippen molar-refractivity contribution in [2.45, 2.75) is 53.8 Å². The SMILES string of the molecule is Cc1cc(C)c(CNC(=O)c2csc3c2CCN(Cc2c(C)noc2C)C3)cn1. The monoisotopic (exact) mass is 410 g/mol. The van der Waals surface area contributed by atoms with Crippen molar-refractivity contribution in [3.8, 4) is 0 Å². The van der Waals surface area contributed by atoms with E-state index in [9.17, 15) is 4.79 Å². The summed E-state index contributed by atoms with van der Waals surface area (Å²) in [5.41, 5.74) is 7.34. The van der Waals surface area contributed by atoms with E-state index in [1.54, 1.807) is 11.3 Å². The Morgan fingerprint density at radius 3 is 2.86 bits per heavy atom. The summed E-state index contributed by atoms with van der Waals surface area (Å²) in [7, 11) is 0. The molecule has 0 fully saturated rings. The van der Waals surface area contributed by atoms with Gasteiger partial charge in [0.2, 0.25) is 0 Å². The lowest BCUT2D eigenvalue weighted by molar-refractivity contribution is 0.0949. The third-order valence-corrected chi connectivity index (χ3v) is 6.64. The maximum Gasteiger partial charge on any atom is 0.252 e. The van der Waals surface area contributed by atoms with E-state index >= 15 is 0 Å². The van der Waals surface area contributed by atoms with Crippen LogP contribution in [0.4, 0.5) is 0 Å². The maximum atomic E-state index is 12.8. The quantitative estimate of drug-likeness (QED) is 0.692. The summed E-state index contributed by atoms with van der Waals surface area (Å²) in [6, 6.07) is 2.04. The topological polar surface area (TPSA) is 71.3 Å². The fourth-order valence-electron chi connectivity index (χ4n) is 3.84. The lowest BCUT2D eigenvalue weighted by atomic mass is 10.0. The van der Waals surface area contributed by atoms with Crippen LogP contribution in [0.5, 0.6) is 0 Å². The van der Waals surface area contributed by atoms with Gasteiger partial charge in [0, 0.05) is 53.9 Å². The molecule has 1 amide bonds. The molecule has 0 bridgehead atoms. The van der Waals surface area contributed by atoms with Crippen LogP contribution in [0, 0.1) is 27.7 Å². The number of carbonyl (C=O) groups is 1. The first kappa shape index (κ1) is 19.8. The molecule has 0 radical (unpaired) electrons. The first-order chi connectivity index (χ1) is 13.9. The molecule has 0 aromatic carbocycles. The number of rotatable bonds is 5. The minimum atomic E-state index is 0.00153. The van der Waals surface area contributed by atoms with Crippen LogP contribution >= 0.6 is 11.3 Å². The smallest absolute Gasteiger partial charge is 0.252 e. The van der Waals surface area contributed by atoms with Gasteiger partial charge in [0.15, 0.2) is 0 Å². The van der Waals surface area contributed by atoms with Gasteiger partial charge in [-0.2, -0.15) is 0 Å². The van der Waals surface area contributed by atoms with Crippen molar-refractivity contribution in [2.24, 2.45) is 0 Å². The van der Waals surface area contributed by atoms with E-state index < -0.39 is 0 Å². The molecular weight excluding hydrogens is 384 g/mol. The zero-order chi connectivity index (χ0) is 20.5. The molecule has 6 nitrogen and oxygen atoms in total. The van der Waals surface area contributed by atoms with Crippen LogP contribution < -0.4 is 5.32 Å². The number of pyridine rings is 1. The number of hydrogen-bond donors (Lipinski definition) is 1. The lowest BCUT2D eigenvalue weighted by Gasteiger charge is -2.27. The molecule has 0 spiro atoms. The molecule has 152 valence electrons. The number of nitrogens with zero attached hydrogens (tertiary/aromatic N) is 3. The summed E-state index contributed by atoms with van der Waals surface area (Å²) in [5, 5.41) is 9.12. The molecule has 3 aromatic rings. The number of amides is 1. The molecule has 3 aromatic heterocycles. The highest BCUT2D eigenvalue weighted by Gasteiger charge is 2.25. The van der Waals surface area contributed by atoms with Crippen LogP contribution in [-0.4, -0.2) is 27.5 Å². The standard InChI is InChI=1S/C22H26N4O2S/c1-13-7-14(2)23-8-17(13)9-24-22(27)20-12-29-21-11-26(6-5-18(20)21)10-19-15(3)25-28-16(19)4/h7-8,12H,5-6,9-11H2,1-4H3,(H,24,27). The van der Waals surface area contributed by atoms with Crippen LogP contribution in [0.2, 0.25) is 0 Å². The number of aromatic nitrogens is 2. The zero-order valence-corrected chi connectivity index (χ0v) is 18.2. The molecule has 29 heavy (non-hydrogen) atoms. The molecule has 7 heteroatoms. The zero-order valence-electron chi connectivity index (χ0n) is 17.3. The van der Waals surface area contributed by atoms with Crippen molar-refractivity contribution in [1.82, 2.24) is 20.4 Å². The van der Waals surface area contributed by atoms with E-state index in [4.69, 9.17) is 4.52 Å². The largest absolute Gasteiger partial charge is 0.361 e. The van der Waals surface area contributed by atoms with E-state index in [2.05, 4.69) is 27.3 Å². The molecule has 1 N–H and O–H groups in total. The predicted octanol–water partition coefficient (Wildman–Crippen LogP) is 3.85. The van der Waals surface area contributed by atoms with Gasteiger partial charge in [0.1, 0.15) is 5.76 Å². The van der Waals surface area contributed by atoms with Gasteiger partial charge in [0.25, 0.3) is 5.91 Å². The van der Waals surface area contributed by atoms with Crippen LogP contribution in [0.15, 0.2) is 22.2 Å². The average molecular weight is 411 g/mol. The van der Waals surface area contributed by atoms with Crippen molar-refractivity contribution >= 4 is 17.2 Å². The number of nitrogens with one attached hydrogen (secondary N) is 1. The lowest BCUT2D eigenvalue weighted by Crippen LogP contribution is -2.31. The van der Waals surface area contributed by atoms with Gasteiger partial charge in [0.05, 0.1) is 11.3 Å². The normalized spacial score (nSPS) is 14.1. The number of hydrogen-bond acceptors (Lipinski definition) is 6. The van der Waals surface area contributed by atoms with Crippen LogP contribution in [0.3, 0.4) is 0 Å². The van der Waals surface area contributed by atoms with E-state index in [0.29, 0.717) is 6.54 Å². The predicted molar refractivity (Wildman–Crippen MR) is 113 cm³/mol. The minimum Gasteiger partial charge on any atom is -0.361 e. The minimum absolute atomic E-state index is 0.00153. The van der Waals surface area contributed by atoms with Gasteiger partial charge in [-0.15, -0.1) is 11.3 Å². The molecule has 4 heterocycles. The third-order valence-electron chi connectivity index (χ3n) is 5.63. The van der Waals surface area contributed by atoms with Crippen molar-refractivity contribution < 1.29 is 9.32 Å². The van der Waals surface area contributed by atoms with Crippen LogP contribution in [-0.2, 0) is 26.1 Å². The Hall–Kier alpha value is -2.51. The van der Waals surface area contributed by atoms with E-state index in [1.807, 2.05) is 38.4 Å². The highest BCUT2D eigenvalue weighted by molar-refractivity contribution is 7.10. The van der Waals surface area contributed by atoms with E-state index in [0.717, 1.165) is 59.9 Å². The fraction of sp³-hybridized carbons (Fsp3) is 0.409. The molecule has 0 atom stereocenters. The van der Waals surface area contributed by atoms with Crippen molar-refractivity contribution in [3.63, 3.8) is 0 Å². The summed E-state index contributed by atoms with van der Waals surface area (Å²) in [6.45, 7) is 11.1. The van der Waals surface area contributed by atoms with Crippen LogP contribution in [0.25, 0.3) is 0 Å². The highest BCUT2D eigenvalue weighted by Crippen LogP contribution is 2.30. The summed E-state index contributed by atoms with van der Waals surface area (Å²) in [6.07, 6.45) is 2.73. The second-order valence-corrected chi connectivity index (χ2v) is 8.71. The van der Waals surface area contributed by atoms with Crippen molar-refractivity contribution in [1.29, 1.82) is 0 Å². The molecular formula is C22H26N4O2S. The molecule has 0 unspecified atom stereocenters. The summed E-state index contributed by atoms with van der Waals surface area (Å²) in [4.78, 5) is 20.8. The van der Waals surface area contributed by atoms with Gasteiger partial charge < -0.3 is 9.84 Å². The summed E-state index contributed by atoms with van der Waals surface area (Å²) < 4.78 is 5.29. The van der Waals surface area contributed by atoms with Crippen LogP contribution in [0.1, 0.15) is 54.6 Å². The van der Waals surface area contributed by atoms with E-state index in [1.165, 1.54) is 16.0 Å². The molecule has 1 aliphatic rings. The Balaban J connectivity index is 1.41. The highest BCUT2D eigenvalue weighted by atomic mass is 32.1. The third kappa shape index (κ3) is 4.11. The Bertz CT molecular complexity index is 1030. The number of carbonyl (C=O) groups excluding carboxylic acids is 1. The van der Waals surface area contributed by atoms with E-state index in [-0.39, 0.29) is 5.91 Å². The van der Waals surface area contributed by atoms with Gasteiger partial charge in [-0.25, -0.2) is 0 Å². The number of thiophene rings is 1. The second-order valence-electron chi connectivity index (χ2n) is 7.75. The van der Waals surface area contributed by atoms with Gasteiger partial charge in [-0.1, -0.05) is 5.16 Å². The fourth-order valence-corrected chi connectivity index (χ4v) is 4.96. The molecule has 0 saturated heterocycles. The second kappa shape index (κ2) is 8.08.